The number of hydrogen-bond donors (Lipinski definition) is 2. The van der Waals surface area contributed by atoms with E-state index in [0.717, 1.165) is 12.8 Å². The summed E-state index contributed by atoms with van der Waals surface area (Å²) in [4.78, 5) is 2.36. The molecule has 0 saturated heterocycles. The summed E-state index contributed by atoms with van der Waals surface area (Å²) in [7, 11) is 0. The van der Waals surface area contributed by atoms with Gasteiger partial charge in [0.25, 0.3) is 0 Å². The number of anilines is 1. The Labute approximate surface area is 123 Å². The highest BCUT2D eigenvalue weighted by Gasteiger charge is 2.24. The minimum absolute atomic E-state index is 0.0480. The van der Waals surface area contributed by atoms with Crippen molar-refractivity contribution in [3.8, 4) is 0 Å². The molecule has 1 aliphatic heterocycles. The van der Waals surface area contributed by atoms with E-state index in [9.17, 15) is 5.11 Å². The van der Waals surface area contributed by atoms with Crippen molar-refractivity contribution in [1.29, 1.82) is 0 Å². The molecule has 1 aromatic rings. The predicted molar refractivity (Wildman–Crippen MR) is 85.3 cm³/mol. The minimum Gasteiger partial charge on any atom is -0.390 e. The molecule has 0 saturated carbocycles. The Morgan fingerprint density at radius 2 is 2.05 bits per heavy atom. The number of benzene rings is 1. The number of nitrogens with one attached hydrogen (secondary N) is 1. The molecule has 112 valence electrons. The van der Waals surface area contributed by atoms with Crippen molar-refractivity contribution >= 4 is 5.69 Å². The van der Waals surface area contributed by atoms with Crippen LogP contribution >= 0.6 is 0 Å². The summed E-state index contributed by atoms with van der Waals surface area (Å²) in [5.41, 5.74) is 2.74. The van der Waals surface area contributed by atoms with Crippen LogP contribution in [0.2, 0.25) is 0 Å². The molecule has 20 heavy (non-hydrogen) atoms. The molecule has 0 aromatic heterocycles. The molecule has 2 rings (SSSR count). The molecule has 0 amide bonds. The number of aryl methyl sites for hydroxylation is 1. The molecule has 2 unspecified atom stereocenters. The lowest BCUT2D eigenvalue weighted by Gasteiger charge is -2.38. The summed E-state index contributed by atoms with van der Waals surface area (Å²) in [5, 5.41) is 13.7. The standard InChI is InChI=1S/C17H28N2O/c1-13-9-10-14-7-5-6-8-16(14)19(13)12-15(20)11-18-17(2,3)4/h5-8,13,15,18,20H,9-12H2,1-4H3. The molecular weight excluding hydrogens is 248 g/mol. The largest absolute Gasteiger partial charge is 0.390 e. The van der Waals surface area contributed by atoms with Crippen LogP contribution in [0.5, 0.6) is 0 Å². The third kappa shape index (κ3) is 3.97. The van der Waals surface area contributed by atoms with Crippen molar-refractivity contribution in [2.45, 2.75) is 58.2 Å². The third-order valence-corrected chi connectivity index (χ3v) is 3.94. The maximum atomic E-state index is 10.3. The molecule has 2 N–H and O–H groups in total. The van der Waals surface area contributed by atoms with Crippen LogP contribution in [0.25, 0.3) is 0 Å². The Hall–Kier alpha value is -1.06. The monoisotopic (exact) mass is 276 g/mol. The Morgan fingerprint density at radius 1 is 1.35 bits per heavy atom. The van der Waals surface area contributed by atoms with Gasteiger partial charge in [-0.1, -0.05) is 18.2 Å². The smallest absolute Gasteiger partial charge is 0.0839 e. The van der Waals surface area contributed by atoms with E-state index in [1.807, 2.05) is 0 Å². The molecule has 0 fully saturated rings. The van der Waals surface area contributed by atoms with Gasteiger partial charge in [0, 0.05) is 30.4 Å². The quantitative estimate of drug-likeness (QED) is 0.887. The van der Waals surface area contributed by atoms with Crippen molar-refractivity contribution in [1.82, 2.24) is 5.32 Å². The van der Waals surface area contributed by atoms with Crippen LogP contribution in [0.3, 0.4) is 0 Å². The molecule has 1 aromatic carbocycles. The average Bonchev–Trinajstić information content (AvgIpc) is 2.39. The topological polar surface area (TPSA) is 35.5 Å². The maximum absolute atomic E-state index is 10.3. The van der Waals surface area contributed by atoms with E-state index in [1.165, 1.54) is 11.3 Å². The van der Waals surface area contributed by atoms with Gasteiger partial charge in [0.2, 0.25) is 0 Å². The van der Waals surface area contributed by atoms with Crippen molar-refractivity contribution in [3.05, 3.63) is 29.8 Å². The Balaban J connectivity index is 2.01. The summed E-state index contributed by atoms with van der Waals surface area (Å²) >= 11 is 0. The number of para-hydroxylation sites is 1. The number of fused-ring (bicyclic) bond motifs is 1. The first-order valence-corrected chi connectivity index (χ1v) is 7.64. The Morgan fingerprint density at radius 3 is 2.75 bits per heavy atom. The fourth-order valence-corrected chi connectivity index (χ4v) is 2.75. The fourth-order valence-electron chi connectivity index (χ4n) is 2.75. The summed E-state index contributed by atoms with van der Waals surface area (Å²) in [5.74, 6) is 0. The zero-order valence-corrected chi connectivity index (χ0v) is 13.2. The van der Waals surface area contributed by atoms with Crippen molar-refractivity contribution in [2.75, 3.05) is 18.0 Å². The first kappa shape index (κ1) is 15.3. The second-order valence-electron chi connectivity index (χ2n) is 6.95. The van der Waals surface area contributed by atoms with E-state index >= 15 is 0 Å². The van der Waals surface area contributed by atoms with Crippen LogP contribution in [0.4, 0.5) is 5.69 Å². The zero-order chi connectivity index (χ0) is 14.8. The molecule has 0 bridgehead atoms. The van der Waals surface area contributed by atoms with E-state index in [0.29, 0.717) is 19.1 Å². The number of aliphatic hydroxyl groups is 1. The normalized spacial score (nSPS) is 20.6. The molecule has 1 heterocycles. The van der Waals surface area contributed by atoms with Crippen molar-refractivity contribution in [3.63, 3.8) is 0 Å². The van der Waals surface area contributed by atoms with Crippen LogP contribution in [0, 0.1) is 0 Å². The van der Waals surface area contributed by atoms with Gasteiger partial charge in [-0.2, -0.15) is 0 Å². The van der Waals surface area contributed by atoms with Gasteiger partial charge in [-0.3, -0.25) is 0 Å². The summed E-state index contributed by atoms with van der Waals surface area (Å²) < 4.78 is 0. The molecule has 1 aliphatic rings. The lowest BCUT2D eigenvalue weighted by atomic mass is 9.96. The maximum Gasteiger partial charge on any atom is 0.0839 e. The van der Waals surface area contributed by atoms with Crippen LogP contribution in [-0.4, -0.2) is 35.9 Å². The summed E-state index contributed by atoms with van der Waals surface area (Å²) in [6.07, 6.45) is 1.96. The highest BCUT2D eigenvalue weighted by atomic mass is 16.3. The van der Waals surface area contributed by atoms with E-state index in [-0.39, 0.29) is 11.6 Å². The van der Waals surface area contributed by atoms with E-state index < -0.39 is 0 Å². The highest BCUT2D eigenvalue weighted by Crippen LogP contribution is 2.30. The molecule has 3 heteroatoms. The number of rotatable bonds is 4. The second kappa shape index (κ2) is 6.15. The zero-order valence-electron chi connectivity index (χ0n) is 13.2. The van der Waals surface area contributed by atoms with Gasteiger partial charge >= 0.3 is 0 Å². The van der Waals surface area contributed by atoms with E-state index in [4.69, 9.17) is 0 Å². The summed E-state index contributed by atoms with van der Waals surface area (Å²) in [6.45, 7) is 9.95. The van der Waals surface area contributed by atoms with E-state index in [1.54, 1.807) is 0 Å². The average molecular weight is 276 g/mol. The highest BCUT2D eigenvalue weighted by molar-refractivity contribution is 5.56. The third-order valence-electron chi connectivity index (χ3n) is 3.94. The lowest BCUT2D eigenvalue weighted by molar-refractivity contribution is 0.162. The summed E-state index contributed by atoms with van der Waals surface area (Å²) in [6, 6.07) is 9.06. The molecule has 3 nitrogen and oxygen atoms in total. The van der Waals surface area contributed by atoms with Gasteiger partial charge in [-0.05, 0) is 52.2 Å². The number of β-amino-alcohol motifs (C(OH)–C–C–N with tert-alkyl or cyclic N) is 1. The Bertz CT molecular complexity index is 439. The van der Waals surface area contributed by atoms with Crippen LogP contribution < -0.4 is 10.2 Å². The molecular formula is C17H28N2O. The first-order chi connectivity index (χ1) is 9.37. The van der Waals surface area contributed by atoms with E-state index in [2.05, 4.69) is 62.2 Å². The second-order valence-corrected chi connectivity index (χ2v) is 6.95. The Kier molecular flexibility index (Phi) is 4.71. The van der Waals surface area contributed by atoms with Crippen molar-refractivity contribution in [2.24, 2.45) is 0 Å². The number of nitrogens with zero attached hydrogens (tertiary/aromatic N) is 1. The van der Waals surface area contributed by atoms with Gasteiger partial charge in [0.1, 0.15) is 0 Å². The fraction of sp³-hybridized carbons (Fsp3) is 0.647. The number of hydrogen-bond acceptors (Lipinski definition) is 3. The molecule has 2 atom stereocenters. The van der Waals surface area contributed by atoms with Gasteiger partial charge < -0.3 is 15.3 Å². The first-order valence-electron chi connectivity index (χ1n) is 7.64. The van der Waals surface area contributed by atoms with Gasteiger partial charge in [-0.25, -0.2) is 0 Å². The molecule has 0 aliphatic carbocycles. The minimum atomic E-state index is -0.345. The van der Waals surface area contributed by atoms with Gasteiger partial charge in [0.05, 0.1) is 6.10 Å². The van der Waals surface area contributed by atoms with Crippen LogP contribution in [0.15, 0.2) is 24.3 Å². The SMILES string of the molecule is CC1CCc2ccccc2N1CC(O)CNC(C)(C)C. The number of aliphatic hydroxyl groups excluding tert-OH is 1. The van der Waals surface area contributed by atoms with Gasteiger partial charge in [0.15, 0.2) is 0 Å². The van der Waals surface area contributed by atoms with Crippen LogP contribution in [-0.2, 0) is 6.42 Å². The van der Waals surface area contributed by atoms with Crippen molar-refractivity contribution < 1.29 is 5.11 Å². The van der Waals surface area contributed by atoms with Gasteiger partial charge in [-0.15, -0.1) is 0 Å². The predicted octanol–water partition coefficient (Wildman–Crippen LogP) is 2.58. The lowest BCUT2D eigenvalue weighted by Crippen LogP contribution is -2.48. The molecule has 0 radical (unpaired) electrons. The molecule has 0 spiro atoms. The van der Waals surface area contributed by atoms with Crippen LogP contribution in [0.1, 0.15) is 39.7 Å².